The Kier molecular flexibility index (Phi) is 3.30. The normalized spacial score (nSPS) is 11.6. The molecule has 132 valence electrons. The van der Waals surface area contributed by atoms with Crippen LogP contribution in [0.5, 0.6) is 0 Å². The molecular formula is C23H13N3OS. The topological polar surface area (TPSA) is 51.8 Å². The maximum atomic E-state index is 6.07. The van der Waals surface area contributed by atoms with Crippen LogP contribution in [0, 0.1) is 0 Å². The standard InChI is InChI=1S/C23H13N3OS/c1-2-4-18-15(3-1)9-17(12-24-18)14-5-7-19-21(11-14)27-23(26-19)16-6-8-22-20(10-16)25-13-28-22/h1-13H. The van der Waals surface area contributed by atoms with E-state index < -0.39 is 0 Å². The predicted octanol–water partition coefficient (Wildman–Crippen LogP) is 6.32. The van der Waals surface area contributed by atoms with Gasteiger partial charge in [0, 0.05) is 22.7 Å². The fourth-order valence-electron chi connectivity index (χ4n) is 3.45. The number of benzene rings is 3. The van der Waals surface area contributed by atoms with Crippen LogP contribution in [-0.4, -0.2) is 15.0 Å². The molecule has 0 bridgehead atoms. The average molecular weight is 379 g/mol. The number of fused-ring (bicyclic) bond motifs is 3. The van der Waals surface area contributed by atoms with Crippen molar-refractivity contribution < 1.29 is 4.42 Å². The molecule has 6 rings (SSSR count). The summed E-state index contributed by atoms with van der Waals surface area (Å²) in [5.41, 5.74) is 8.46. The van der Waals surface area contributed by atoms with Gasteiger partial charge in [-0.15, -0.1) is 11.3 Å². The summed E-state index contributed by atoms with van der Waals surface area (Å²) in [5, 5.41) is 1.12. The van der Waals surface area contributed by atoms with Crippen LogP contribution in [0.2, 0.25) is 0 Å². The summed E-state index contributed by atoms with van der Waals surface area (Å²) in [7, 11) is 0. The Bertz CT molecular complexity index is 1480. The largest absolute Gasteiger partial charge is 0.436 e. The summed E-state index contributed by atoms with van der Waals surface area (Å²) >= 11 is 1.63. The van der Waals surface area contributed by atoms with Crippen molar-refractivity contribution >= 4 is 43.6 Å². The molecular weight excluding hydrogens is 366 g/mol. The quantitative estimate of drug-likeness (QED) is 0.353. The van der Waals surface area contributed by atoms with E-state index in [2.05, 4.69) is 39.2 Å². The molecule has 0 radical (unpaired) electrons. The predicted molar refractivity (Wildman–Crippen MR) is 113 cm³/mol. The SMILES string of the molecule is c1ccc2ncc(-c3ccc4nc(-c5ccc6scnc6c5)oc4c3)cc2c1. The van der Waals surface area contributed by atoms with Gasteiger partial charge in [-0.25, -0.2) is 9.97 Å². The van der Waals surface area contributed by atoms with Gasteiger partial charge in [-0.05, 0) is 48.0 Å². The molecule has 3 heterocycles. The molecule has 28 heavy (non-hydrogen) atoms. The molecule has 0 aliphatic carbocycles. The molecule has 4 nitrogen and oxygen atoms in total. The highest BCUT2D eigenvalue weighted by Gasteiger charge is 2.11. The number of rotatable bonds is 2. The maximum Gasteiger partial charge on any atom is 0.227 e. The minimum Gasteiger partial charge on any atom is -0.436 e. The Balaban J connectivity index is 1.45. The Morgan fingerprint density at radius 3 is 2.64 bits per heavy atom. The molecule has 0 amide bonds. The van der Waals surface area contributed by atoms with Gasteiger partial charge in [0.15, 0.2) is 5.58 Å². The fourth-order valence-corrected chi connectivity index (χ4v) is 4.11. The lowest BCUT2D eigenvalue weighted by Gasteiger charge is -2.03. The number of pyridine rings is 1. The molecule has 0 atom stereocenters. The van der Waals surface area contributed by atoms with E-state index in [4.69, 9.17) is 4.42 Å². The van der Waals surface area contributed by atoms with E-state index in [1.54, 1.807) is 11.3 Å². The van der Waals surface area contributed by atoms with Crippen LogP contribution in [0.15, 0.2) is 82.9 Å². The second kappa shape index (κ2) is 5.97. The van der Waals surface area contributed by atoms with Gasteiger partial charge in [0.1, 0.15) is 5.52 Å². The first-order chi connectivity index (χ1) is 13.8. The number of oxazole rings is 1. The molecule has 0 unspecified atom stereocenters. The van der Waals surface area contributed by atoms with Gasteiger partial charge in [-0.3, -0.25) is 4.98 Å². The van der Waals surface area contributed by atoms with E-state index >= 15 is 0 Å². The van der Waals surface area contributed by atoms with Gasteiger partial charge in [0.05, 0.1) is 21.2 Å². The number of nitrogens with zero attached hydrogens (tertiary/aromatic N) is 3. The van der Waals surface area contributed by atoms with Crippen molar-refractivity contribution in [1.82, 2.24) is 15.0 Å². The van der Waals surface area contributed by atoms with Crippen molar-refractivity contribution in [3.8, 4) is 22.6 Å². The van der Waals surface area contributed by atoms with Crippen molar-refractivity contribution in [2.45, 2.75) is 0 Å². The van der Waals surface area contributed by atoms with Gasteiger partial charge in [0.25, 0.3) is 0 Å². The van der Waals surface area contributed by atoms with E-state index in [0.717, 1.165) is 48.9 Å². The zero-order chi connectivity index (χ0) is 18.5. The lowest BCUT2D eigenvalue weighted by Crippen LogP contribution is -1.82. The van der Waals surface area contributed by atoms with Crippen molar-refractivity contribution in [3.63, 3.8) is 0 Å². The fraction of sp³-hybridized carbons (Fsp3) is 0. The Morgan fingerprint density at radius 1 is 0.714 bits per heavy atom. The first kappa shape index (κ1) is 15.5. The molecule has 0 spiro atoms. The summed E-state index contributed by atoms with van der Waals surface area (Å²) in [4.78, 5) is 13.6. The maximum absolute atomic E-state index is 6.07. The molecule has 0 saturated carbocycles. The van der Waals surface area contributed by atoms with Crippen LogP contribution in [0.25, 0.3) is 54.8 Å². The summed E-state index contributed by atoms with van der Waals surface area (Å²) in [6.45, 7) is 0. The highest BCUT2D eigenvalue weighted by Crippen LogP contribution is 2.31. The minimum absolute atomic E-state index is 0.610. The van der Waals surface area contributed by atoms with Crippen molar-refractivity contribution in [3.05, 3.63) is 78.4 Å². The van der Waals surface area contributed by atoms with Gasteiger partial charge in [0.2, 0.25) is 5.89 Å². The average Bonchev–Trinajstić information content (AvgIpc) is 3.39. The van der Waals surface area contributed by atoms with Crippen molar-refractivity contribution in [2.24, 2.45) is 0 Å². The monoisotopic (exact) mass is 379 g/mol. The molecule has 0 aliphatic heterocycles. The lowest BCUT2D eigenvalue weighted by molar-refractivity contribution is 0.620. The van der Waals surface area contributed by atoms with Crippen LogP contribution in [0.4, 0.5) is 0 Å². The zero-order valence-electron chi connectivity index (χ0n) is 14.7. The summed E-state index contributed by atoms with van der Waals surface area (Å²) in [6, 6.07) is 22.5. The Morgan fingerprint density at radius 2 is 1.64 bits per heavy atom. The molecule has 0 N–H and O–H groups in total. The summed E-state index contributed by atoms with van der Waals surface area (Å²) < 4.78 is 7.23. The molecule has 0 saturated heterocycles. The van der Waals surface area contributed by atoms with Gasteiger partial charge < -0.3 is 4.42 Å². The number of hydrogen-bond donors (Lipinski definition) is 0. The first-order valence-corrected chi connectivity index (χ1v) is 9.81. The second-order valence-corrected chi connectivity index (χ2v) is 7.54. The summed E-state index contributed by atoms with van der Waals surface area (Å²) in [5.74, 6) is 0.610. The van der Waals surface area contributed by atoms with Gasteiger partial charge in [-0.2, -0.15) is 0 Å². The van der Waals surface area contributed by atoms with Crippen LogP contribution in [0.3, 0.4) is 0 Å². The van der Waals surface area contributed by atoms with Crippen LogP contribution in [-0.2, 0) is 0 Å². The Labute approximate surface area is 164 Å². The van der Waals surface area contributed by atoms with Gasteiger partial charge >= 0.3 is 0 Å². The van der Waals surface area contributed by atoms with E-state index in [1.807, 2.05) is 54.2 Å². The third-order valence-corrected chi connectivity index (χ3v) is 5.70. The smallest absolute Gasteiger partial charge is 0.227 e. The highest BCUT2D eigenvalue weighted by atomic mass is 32.1. The molecule has 0 aliphatic rings. The zero-order valence-corrected chi connectivity index (χ0v) is 15.5. The van der Waals surface area contributed by atoms with Crippen molar-refractivity contribution in [1.29, 1.82) is 0 Å². The first-order valence-electron chi connectivity index (χ1n) is 8.93. The minimum atomic E-state index is 0.610. The van der Waals surface area contributed by atoms with E-state index in [9.17, 15) is 0 Å². The van der Waals surface area contributed by atoms with Crippen molar-refractivity contribution in [2.75, 3.05) is 0 Å². The van der Waals surface area contributed by atoms with Crippen LogP contribution in [0.1, 0.15) is 0 Å². The van der Waals surface area contributed by atoms with E-state index in [-0.39, 0.29) is 0 Å². The Hall–Kier alpha value is -3.57. The van der Waals surface area contributed by atoms with E-state index in [0.29, 0.717) is 5.89 Å². The number of aromatic nitrogens is 3. The highest BCUT2D eigenvalue weighted by molar-refractivity contribution is 7.16. The number of hydrogen-bond acceptors (Lipinski definition) is 5. The van der Waals surface area contributed by atoms with Gasteiger partial charge in [-0.1, -0.05) is 24.3 Å². The number of para-hydroxylation sites is 1. The summed E-state index contributed by atoms with van der Waals surface area (Å²) in [6.07, 6.45) is 1.90. The molecule has 6 aromatic rings. The van der Waals surface area contributed by atoms with Crippen LogP contribution >= 0.6 is 11.3 Å². The molecule has 3 aromatic carbocycles. The number of thiazole rings is 1. The third kappa shape index (κ3) is 2.48. The lowest BCUT2D eigenvalue weighted by atomic mass is 10.1. The molecule has 0 fully saturated rings. The van der Waals surface area contributed by atoms with Crippen LogP contribution < -0.4 is 0 Å². The third-order valence-electron chi connectivity index (χ3n) is 4.89. The molecule has 5 heteroatoms. The van der Waals surface area contributed by atoms with E-state index in [1.165, 1.54) is 0 Å². The second-order valence-electron chi connectivity index (χ2n) is 6.65. The molecule has 3 aromatic heterocycles.